The molecule has 6 heteroatoms. The quantitative estimate of drug-likeness (QED) is 0.385. The zero-order chi connectivity index (χ0) is 22.4. The second-order valence-electron chi connectivity index (χ2n) is 9.23. The van der Waals surface area contributed by atoms with Crippen LogP contribution in [0, 0.1) is 22.0 Å². The first kappa shape index (κ1) is 23.2. The molecule has 0 aromatic heterocycles. The molecule has 0 bridgehead atoms. The van der Waals surface area contributed by atoms with E-state index in [-0.39, 0.29) is 16.8 Å². The number of rotatable bonds is 9. The average molecular weight is 426 g/mol. The summed E-state index contributed by atoms with van der Waals surface area (Å²) in [6, 6.07) is 15.6. The Labute approximate surface area is 186 Å². The van der Waals surface area contributed by atoms with Crippen LogP contribution in [0.25, 0.3) is 0 Å². The van der Waals surface area contributed by atoms with Gasteiger partial charge in [0.1, 0.15) is 6.23 Å². The van der Waals surface area contributed by atoms with Gasteiger partial charge in [-0.15, -0.1) is 0 Å². The number of nitrogens with zero attached hydrogens (tertiary/aromatic N) is 3. The Morgan fingerprint density at radius 1 is 1.10 bits per heavy atom. The first-order valence-corrected chi connectivity index (χ1v) is 11.3. The van der Waals surface area contributed by atoms with Gasteiger partial charge in [-0.1, -0.05) is 58.0 Å². The van der Waals surface area contributed by atoms with Gasteiger partial charge >= 0.3 is 0 Å². The molecule has 2 aromatic rings. The Bertz CT molecular complexity index is 844. The highest BCUT2D eigenvalue weighted by Crippen LogP contribution is 2.37. The maximum absolute atomic E-state index is 11.6. The van der Waals surface area contributed by atoms with Gasteiger partial charge in [0.25, 0.3) is 5.69 Å². The second kappa shape index (κ2) is 10.7. The molecule has 168 valence electrons. The molecule has 1 saturated heterocycles. The summed E-state index contributed by atoms with van der Waals surface area (Å²) in [7, 11) is 0. The van der Waals surface area contributed by atoms with Crippen LogP contribution in [0.2, 0.25) is 0 Å². The smallest absolute Gasteiger partial charge is 0.270 e. The molecule has 0 saturated carbocycles. The van der Waals surface area contributed by atoms with E-state index in [1.54, 1.807) is 12.1 Å². The number of nitro benzene ring substituents is 1. The molecule has 1 aliphatic rings. The van der Waals surface area contributed by atoms with Gasteiger partial charge in [0.05, 0.1) is 11.5 Å². The van der Waals surface area contributed by atoms with Crippen LogP contribution in [0.5, 0.6) is 0 Å². The van der Waals surface area contributed by atoms with Gasteiger partial charge in [-0.3, -0.25) is 15.0 Å². The van der Waals surface area contributed by atoms with Crippen molar-refractivity contribution in [1.29, 1.82) is 0 Å². The molecule has 0 aliphatic carbocycles. The van der Waals surface area contributed by atoms with Crippen molar-refractivity contribution >= 4 is 11.4 Å². The molecule has 0 radical (unpaired) electrons. The molecule has 1 heterocycles. The molecule has 2 aromatic carbocycles. The molecule has 0 spiro atoms. The molecule has 0 N–H and O–H groups in total. The third kappa shape index (κ3) is 6.28. The Morgan fingerprint density at radius 2 is 1.77 bits per heavy atom. The normalized spacial score (nSPS) is 17.3. The summed E-state index contributed by atoms with van der Waals surface area (Å²) in [4.78, 5) is 15.9. The van der Waals surface area contributed by atoms with Crippen molar-refractivity contribution in [2.45, 2.75) is 46.9 Å². The largest absolute Gasteiger partial charge is 0.371 e. The van der Waals surface area contributed by atoms with Gasteiger partial charge in [-0.05, 0) is 29.9 Å². The van der Waals surface area contributed by atoms with E-state index in [0.29, 0.717) is 18.4 Å². The van der Waals surface area contributed by atoms with Crippen molar-refractivity contribution in [2.24, 2.45) is 11.8 Å². The van der Waals surface area contributed by atoms with Gasteiger partial charge in [0.15, 0.2) is 0 Å². The van der Waals surface area contributed by atoms with E-state index in [2.05, 4.69) is 49.6 Å². The minimum atomic E-state index is -0.313. The third-order valence-corrected chi connectivity index (χ3v) is 5.43. The third-order valence-electron chi connectivity index (χ3n) is 5.43. The lowest BCUT2D eigenvalue weighted by Gasteiger charge is -2.39. The Balaban J connectivity index is 2.02. The van der Waals surface area contributed by atoms with Crippen LogP contribution in [-0.2, 0) is 11.3 Å². The summed E-state index contributed by atoms with van der Waals surface area (Å²) in [5.41, 5.74) is 3.26. The molecule has 1 aliphatic heterocycles. The maximum Gasteiger partial charge on any atom is 0.270 e. The lowest BCUT2D eigenvalue weighted by atomic mass is 10.0. The van der Waals surface area contributed by atoms with E-state index in [4.69, 9.17) is 4.74 Å². The maximum atomic E-state index is 11.6. The van der Waals surface area contributed by atoms with E-state index in [9.17, 15) is 10.1 Å². The Morgan fingerprint density at radius 3 is 2.39 bits per heavy atom. The van der Waals surface area contributed by atoms with Crippen molar-refractivity contribution in [2.75, 3.05) is 31.1 Å². The highest BCUT2D eigenvalue weighted by atomic mass is 16.6. The topological polar surface area (TPSA) is 58.9 Å². The Kier molecular flexibility index (Phi) is 8.04. The fourth-order valence-electron chi connectivity index (χ4n) is 4.25. The number of hydrogen-bond donors (Lipinski definition) is 0. The van der Waals surface area contributed by atoms with Crippen LogP contribution in [0.3, 0.4) is 0 Å². The number of non-ortho nitro benzene ring substituents is 1. The number of anilines is 1. The monoisotopic (exact) mass is 425 g/mol. The van der Waals surface area contributed by atoms with Crippen LogP contribution >= 0.6 is 0 Å². The highest BCUT2D eigenvalue weighted by Gasteiger charge is 2.30. The molecular formula is C25H35N3O3. The molecular weight excluding hydrogens is 390 g/mol. The van der Waals surface area contributed by atoms with E-state index < -0.39 is 0 Å². The van der Waals surface area contributed by atoms with Crippen LogP contribution in [0.15, 0.2) is 48.5 Å². The lowest BCUT2D eigenvalue weighted by Crippen LogP contribution is -2.38. The predicted octanol–water partition coefficient (Wildman–Crippen LogP) is 5.63. The Hall–Kier alpha value is -2.44. The molecule has 1 fully saturated rings. The van der Waals surface area contributed by atoms with Gasteiger partial charge < -0.3 is 9.64 Å². The molecule has 6 nitrogen and oxygen atoms in total. The minimum Gasteiger partial charge on any atom is -0.371 e. The summed E-state index contributed by atoms with van der Waals surface area (Å²) >= 11 is 0. The highest BCUT2D eigenvalue weighted by molar-refractivity contribution is 5.59. The number of nitro groups is 1. The van der Waals surface area contributed by atoms with Gasteiger partial charge in [0, 0.05) is 49.6 Å². The number of ether oxygens (including phenoxy) is 1. The molecule has 1 unspecified atom stereocenters. The standard InChI is InChI=1S/C25H35N3O3/c1-19(2)16-27(17-20(3)4)24-12-11-22(28(29)30)15-23(24)25-26(13-8-14-31-25)18-21-9-6-5-7-10-21/h5-7,9-12,15,19-20,25H,8,13-14,16-18H2,1-4H3. The van der Waals surface area contributed by atoms with Crippen molar-refractivity contribution < 1.29 is 9.66 Å². The zero-order valence-electron chi connectivity index (χ0n) is 19.2. The number of benzene rings is 2. The second-order valence-corrected chi connectivity index (χ2v) is 9.23. The molecule has 31 heavy (non-hydrogen) atoms. The zero-order valence-corrected chi connectivity index (χ0v) is 19.2. The van der Waals surface area contributed by atoms with Crippen LogP contribution in [0.4, 0.5) is 11.4 Å². The summed E-state index contributed by atoms with van der Waals surface area (Å²) in [6.45, 7) is 12.9. The summed E-state index contributed by atoms with van der Waals surface area (Å²) in [5.74, 6) is 0.962. The van der Waals surface area contributed by atoms with Gasteiger partial charge in [-0.25, -0.2) is 0 Å². The van der Waals surface area contributed by atoms with Crippen molar-refractivity contribution in [1.82, 2.24) is 4.90 Å². The first-order chi connectivity index (χ1) is 14.8. The fraction of sp³-hybridized carbons (Fsp3) is 0.520. The molecule has 1 atom stereocenters. The van der Waals surface area contributed by atoms with Gasteiger partial charge in [-0.2, -0.15) is 0 Å². The molecule has 0 amide bonds. The van der Waals surface area contributed by atoms with E-state index >= 15 is 0 Å². The minimum absolute atomic E-state index is 0.113. The number of hydrogen-bond acceptors (Lipinski definition) is 5. The molecule has 3 rings (SSSR count). The average Bonchev–Trinajstić information content (AvgIpc) is 2.73. The lowest BCUT2D eigenvalue weighted by molar-refractivity contribution is -0.385. The summed E-state index contributed by atoms with van der Waals surface area (Å²) < 4.78 is 6.26. The van der Waals surface area contributed by atoms with E-state index in [0.717, 1.165) is 43.9 Å². The summed E-state index contributed by atoms with van der Waals surface area (Å²) in [6.07, 6.45) is 0.653. The summed E-state index contributed by atoms with van der Waals surface area (Å²) in [5, 5.41) is 11.6. The SMILES string of the molecule is CC(C)CN(CC(C)C)c1ccc([N+](=O)[O-])cc1C1OCCCN1Cc1ccccc1. The van der Waals surface area contributed by atoms with E-state index in [1.807, 2.05) is 24.3 Å². The van der Waals surface area contributed by atoms with Crippen LogP contribution < -0.4 is 4.90 Å². The van der Waals surface area contributed by atoms with E-state index in [1.165, 1.54) is 5.56 Å². The van der Waals surface area contributed by atoms with Gasteiger partial charge in [0.2, 0.25) is 0 Å². The van der Waals surface area contributed by atoms with Crippen LogP contribution in [-0.4, -0.2) is 36.1 Å². The predicted molar refractivity (Wildman–Crippen MR) is 125 cm³/mol. The van der Waals surface area contributed by atoms with Crippen molar-refractivity contribution in [3.8, 4) is 0 Å². The first-order valence-electron chi connectivity index (χ1n) is 11.3. The van der Waals surface area contributed by atoms with Crippen LogP contribution in [0.1, 0.15) is 51.5 Å². The van der Waals surface area contributed by atoms with Crippen molar-refractivity contribution in [3.63, 3.8) is 0 Å². The van der Waals surface area contributed by atoms with Crippen molar-refractivity contribution in [3.05, 3.63) is 69.8 Å². The fourth-order valence-corrected chi connectivity index (χ4v) is 4.25.